The Labute approximate surface area is 96.9 Å². The van der Waals surface area contributed by atoms with Gasteiger partial charge in [-0.25, -0.2) is 17.9 Å². The second kappa shape index (κ2) is 5.44. The molecule has 0 saturated carbocycles. The lowest BCUT2D eigenvalue weighted by molar-refractivity contribution is 0.511. The zero-order chi connectivity index (χ0) is 12.2. The van der Waals surface area contributed by atoms with Crippen LogP contribution in [0.3, 0.4) is 0 Å². The van der Waals surface area contributed by atoms with E-state index in [9.17, 15) is 16.8 Å². The van der Waals surface area contributed by atoms with Crippen molar-refractivity contribution in [3.8, 4) is 0 Å². The highest BCUT2D eigenvalue weighted by atomic mass is 32.2. The molecule has 0 radical (unpaired) electrons. The lowest BCUT2D eigenvalue weighted by Gasteiger charge is -2.08. The molecule has 0 spiro atoms. The minimum Gasteiger partial charge on any atom is -0.229 e. The number of nitrogens with one attached hydrogen (secondary N) is 2. The molecule has 96 valence electrons. The highest BCUT2D eigenvalue weighted by Crippen LogP contribution is 2.22. The van der Waals surface area contributed by atoms with E-state index in [0.29, 0.717) is 19.4 Å². The van der Waals surface area contributed by atoms with Crippen molar-refractivity contribution in [1.82, 2.24) is 9.44 Å². The van der Waals surface area contributed by atoms with Crippen LogP contribution in [0.1, 0.15) is 19.3 Å². The predicted octanol–water partition coefficient (Wildman–Crippen LogP) is -0.745. The molecule has 0 aromatic carbocycles. The third-order valence-corrected chi connectivity index (χ3v) is 5.64. The summed E-state index contributed by atoms with van der Waals surface area (Å²) in [5, 5.41) is 0. The van der Waals surface area contributed by atoms with Crippen LogP contribution in [0.2, 0.25) is 0 Å². The molecule has 0 bridgehead atoms. The molecule has 1 rings (SSSR count). The van der Waals surface area contributed by atoms with Crippen molar-refractivity contribution in [2.75, 3.05) is 25.1 Å². The molecular formula is C8H18N2O4S2. The van der Waals surface area contributed by atoms with Crippen molar-refractivity contribution in [2.45, 2.75) is 19.3 Å². The first-order valence-electron chi connectivity index (χ1n) is 5.23. The average Bonchev–Trinajstić information content (AvgIpc) is 2.53. The van der Waals surface area contributed by atoms with E-state index >= 15 is 0 Å². The second-order valence-electron chi connectivity index (χ2n) is 4.01. The van der Waals surface area contributed by atoms with Gasteiger partial charge in [-0.1, -0.05) is 0 Å². The highest BCUT2D eigenvalue weighted by Gasteiger charge is 2.27. The van der Waals surface area contributed by atoms with Gasteiger partial charge >= 0.3 is 0 Å². The Morgan fingerprint density at radius 3 is 2.56 bits per heavy atom. The molecule has 1 saturated heterocycles. The minimum absolute atomic E-state index is 0.198. The van der Waals surface area contributed by atoms with Crippen LogP contribution in [0, 0.1) is 5.92 Å². The van der Waals surface area contributed by atoms with E-state index in [1.165, 1.54) is 7.05 Å². The van der Waals surface area contributed by atoms with Crippen molar-refractivity contribution in [1.29, 1.82) is 0 Å². The Hall–Kier alpha value is -0.180. The number of hydrogen-bond donors (Lipinski definition) is 2. The van der Waals surface area contributed by atoms with Gasteiger partial charge in [0.25, 0.3) is 10.2 Å². The Balaban J connectivity index is 2.18. The normalized spacial score (nSPS) is 24.7. The summed E-state index contributed by atoms with van der Waals surface area (Å²) in [5.74, 6) is 0.732. The Bertz CT molecular complexity index is 415. The number of rotatable bonds is 6. The van der Waals surface area contributed by atoms with Gasteiger partial charge in [0, 0.05) is 13.6 Å². The quantitative estimate of drug-likeness (QED) is 0.621. The van der Waals surface area contributed by atoms with Crippen LogP contribution >= 0.6 is 0 Å². The van der Waals surface area contributed by atoms with Gasteiger partial charge in [-0.15, -0.1) is 0 Å². The van der Waals surface area contributed by atoms with Crippen molar-refractivity contribution >= 4 is 20.0 Å². The summed E-state index contributed by atoms with van der Waals surface area (Å²) in [6.07, 6.45) is 2.13. The molecule has 0 amide bonds. The van der Waals surface area contributed by atoms with Gasteiger partial charge in [-0.3, -0.25) is 0 Å². The molecule has 6 nitrogen and oxygen atoms in total. The van der Waals surface area contributed by atoms with E-state index in [2.05, 4.69) is 9.44 Å². The maximum Gasteiger partial charge on any atom is 0.276 e. The molecule has 1 unspecified atom stereocenters. The molecule has 0 aromatic heterocycles. The third kappa shape index (κ3) is 4.77. The van der Waals surface area contributed by atoms with E-state index in [0.717, 1.165) is 6.42 Å². The molecule has 16 heavy (non-hydrogen) atoms. The Kier molecular flexibility index (Phi) is 4.72. The smallest absolute Gasteiger partial charge is 0.229 e. The molecule has 1 aliphatic rings. The highest BCUT2D eigenvalue weighted by molar-refractivity contribution is 7.91. The molecule has 1 aliphatic heterocycles. The minimum atomic E-state index is -3.36. The maximum atomic E-state index is 11.2. The summed E-state index contributed by atoms with van der Waals surface area (Å²) >= 11 is 0. The predicted molar refractivity (Wildman–Crippen MR) is 62.0 cm³/mol. The van der Waals surface area contributed by atoms with Crippen LogP contribution < -0.4 is 9.44 Å². The Morgan fingerprint density at radius 2 is 2.06 bits per heavy atom. The zero-order valence-corrected chi connectivity index (χ0v) is 10.9. The summed E-state index contributed by atoms with van der Waals surface area (Å²) in [6.45, 7) is 0.347. The summed E-state index contributed by atoms with van der Waals surface area (Å²) in [5.41, 5.74) is 0. The summed E-state index contributed by atoms with van der Waals surface area (Å²) < 4.78 is 48.8. The molecule has 2 N–H and O–H groups in total. The fourth-order valence-electron chi connectivity index (χ4n) is 1.77. The molecule has 1 heterocycles. The first-order valence-corrected chi connectivity index (χ1v) is 8.54. The maximum absolute atomic E-state index is 11.2. The average molecular weight is 270 g/mol. The van der Waals surface area contributed by atoms with Gasteiger partial charge in [0.15, 0.2) is 9.84 Å². The summed E-state index contributed by atoms with van der Waals surface area (Å²) in [4.78, 5) is 0. The van der Waals surface area contributed by atoms with Gasteiger partial charge in [0.2, 0.25) is 0 Å². The molecule has 0 aromatic rings. The Morgan fingerprint density at radius 1 is 1.38 bits per heavy atom. The number of sulfone groups is 1. The first kappa shape index (κ1) is 13.9. The van der Waals surface area contributed by atoms with Crippen molar-refractivity contribution in [3.05, 3.63) is 0 Å². The molecule has 8 heteroatoms. The molecule has 0 aliphatic carbocycles. The van der Waals surface area contributed by atoms with Crippen LogP contribution in [0.15, 0.2) is 0 Å². The van der Waals surface area contributed by atoms with E-state index in [1.807, 2.05) is 0 Å². The van der Waals surface area contributed by atoms with Crippen LogP contribution in [-0.4, -0.2) is 41.9 Å². The van der Waals surface area contributed by atoms with E-state index in [4.69, 9.17) is 0 Å². The second-order valence-corrected chi connectivity index (χ2v) is 7.95. The van der Waals surface area contributed by atoms with Gasteiger partial charge in [0.05, 0.1) is 11.5 Å². The fourth-order valence-corrected chi connectivity index (χ4v) is 4.24. The van der Waals surface area contributed by atoms with Crippen molar-refractivity contribution < 1.29 is 16.8 Å². The lowest BCUT2D eigenvalue weighted by atomic mass is 10.0. The largest absolute Gasteiger partial charge is 0.276 e. The van der Waals surface area contributed by atoms with E-state index in [1.54, 1.807) is 0 Å². The van der Waals surface area contributed by atoms with Crippen molar-refractivity contribution in [3.63, 3.8) is 0 Å². The third-order valence-electron chi connectivity index (χ3n) is 2.68. The summed E-state index contributed by atoms with van der Waals surface area (Å²) in [7, 11) is -4.83. The van der Waals surface area contributed by atoms with Crippen LogP contribution in [0.4, 0.5) is 0 Å². The molecule has 1 fully saturated rings. The van der Waals surface area contributed by atoms with Crippen molar-refractivity contribution in [2.24, 2.45) is 5.92 Å². The van der Waals surface area contributed by atoms with Crippen LogP contribution in [0.5, 0.6) is 0 Å². The van der Waals surface area contributed by atoms with Gasteiger partial charge in [0.1, 0.15) is 0 Å². The monoisotopic (exact) mass is 270 g/mol. The summed E-state index contributed by atoms with van der Waals surface area (Å²) in [6, 6.07) is 0. The lowest BCUT2D eigenvalue weighted by Crippen LogP contribution is -2.34. The molecule has 1 atom stereocenters. The van der Waals surface area contributed by atoms with E-state index < -0.39 is 20.0 Å². The first-order chi connectivity index (χ1) is 7.35. The number of hydrogen-bond acceptors (Lipinski definition) is 4. The van der Waals surface area contributed by atoms with Gasteiger partial charge in [-0.05, 0) is 25.2 Å². The fraction of sp³-hybridized carbons (Fsp3) is 1.00. The van der Waals surface area contributed by atoms with Crippen LogP contribution in [-0.2, 0) is 20.0 Å². The molecular weight excluding hydrogens is 252 g/mol. The van der Waals surface area contributed by atoms with Gasteiger partial charge < -0.3 is 0 Å². The topological polar surface area (TPSA) is 92.3 Å². The van der Waals surface area contributed by atoms with Gasteiger partial charge in [-0.2, -0.15) is 8.42 Å². The standard InChI is InChI=1S/C8H18N2O4S2/c1-9-16(13,14)10-5-2-3-8-4-6-15(11,12)7-8/h8-10H,2-7H2,1H3. The SMILES string of the molecule is CNS(=O)(=O)NCCCC1CCS(=O)(=O)C1. The zero-order valence-electron chi connectivity index (χ0n) is 9.27. The van der Waals surface area contributed by atoms with E-state index in [-0.39, 0.29) is 17.4 Å². The van der Waals surface area contributed by atoms with Crippen LogP contribution in [0.25, 0.3) is 0 Å².